The molecule has 1 heterocycles. The van der Waals surface area contributed by atoms with Crippen molar-refractivity contribution in [3.05, 3.63) is 29.0 Å². The molecule has 102 valence electrons. The molecule has 0 aliphatic carbocycles. The number of aromatic nitrogens is 2. The van der Waals surface area contributed by atoms with E-state index >= 15 is 0 Å². The molecule has 0 aliphatic rings. The van der Waals surface area contributed by atoms with Crippen molar-refractivity contribution in [2.24, 2.45) is 12.5 Å². The van der Waals surface area contributed by atoms with Gasteiger partial charge >= 0.3 is 5.97 Å². The number of para-hydroxylation sites is 1. The van der Waals surface area contributed by atoms with Gasteiger partial charge in [0.05, 0.1) is 22.5 Å². The Morgan fingerprint density at radius 1 is 1.47 bits per heavy atom. The van der Waals surface area contributed by atoms with E-state index < -0.39 is 5.97 Å². The minimum absolute atomic E-state index is 0.115. The van der Waals surface area contributed by atoms with Crippen molar-refractivity contribution in [1.29, 1.82) is 0 Å². The van der Waals surface area contributed by atoms with E-state index in [1.807, 2.05) is 43.7 Å². The molecule has 1 aromatic heterocycles. The average molecular weight is 281 g/mol. The van der Waals surface area contributed by atoms with Crippen molar-refractivity contribution in [2.75, 3.05) is 0 Å². The normalized spacial score (nSPS) is 12.0. The number of carbonyl (C=O) groups is 1. The Hall–Kier alpha value is -1.55. The lowest BCUT2D eigenvalue weighted by atomic mass is 9.85. The fraction of sp³-hybridized carbons (Fsp3) is 0.429. The molecule has 0 fully saturated rings. The van der Waals surface area contributed by atoms with Gasteiger partial charge in [0.2, 0.25) is 0 Å². The van der Waals surface area contributed by atoms with Gasteiger partial charge in [0.1, 0.15) is 5.82 Å². The summed E-state index contributed by atoms with van der Waals surface area (Å²) in [6.07, 6.45) is 0.713. The first-order chi connectivity index (χ1) is 8.80. The van der Waals surface area contributed by atoms with E-state index in [1.54, 1.807) is 0 Å². The zero-order valence-electron chi connectivity index (χ0n) is 11.3. The molecule has 19 heavy (non-hydrogen) atoms. The van der Waals surface area contributed by atoms with E-state index in [1.165, 1.54) is 0 Å². The predicted molar refractivity (Wildman–Crippen MR) is 75.5 cm³/mol. The first-order valence-corrected chi connectivity index (χ1v) is 6.49. The number of fused-ring (bicyclic) bond motifs is 1. The summed E-state index contributed by atoms with van der Waals surface area (Å²) in [6, 6.07) is 5.61. The van der Waals surface area contributed by atoms with Crippen LogP contribution in [-0.4, -0.2) is 20.6 Å². The molecule has 0 atom stereocenters. The van der Waals surface area contributed by atoms with Crippen LogP contribution in [0.3, 0.4) is 0 Å². The van der Waals surface area contributed by atoms with Crippen molar-refractivity contribution in [1.82, 2.24) is 9.55 Å². The number of carboxylic acids is 1. The number of hydrogen-bond acceptors (Lipinski definition) is 2. The number of nitrogens with zero attached hydrogens (tertiary/aromatic N) is 2. The second kappa shape index (κ2) is 4.85. The number of rotatable bonds is 4. The van der Waals surface area contributed by atoms with Crippen LogP contribution in [0.15, 0.2) is 18.2 Å². The highest BCUT2D eigenvalue weighted by molar-refractivity contribution is 6.35. The molecule has 0 spiro atoms. The summed E-state index contributed by atoms with van der Waals surface area (Å²) in [5.41, 5.74) is 1.40. The van der Waals surface area contributed by atoms with E-state index in [9.17, 15) is 4.79 Å². The molecular weight excluding hydrogens is 264 g/mol. The quantitative estimate of drug-likeness (QED) is 0.935. The molecule has 0 saturated heterocycles. The van der Waals surface area contributed by atoms with Crippen LogP contribution >= 0.6 is 11.6 Å². The maximum absolute atomic E-state index is 10.9. The second-order valence-corrected chi connectivity index (χ2v) is 6.01. The highest BCUT2D eigenvalue weighted by Gasteiger charge is 2.25. The summed E-state index contributed by atoms with van der Waals surface area (Å²) in [4.78, 5) is 15.4. The van der Waals surface area contributed by atoms with Crippen LogP contribution in [0.2, 0.25) is 5.02 Å². The number of carboxylic acid groups (broad SMARTS) is 1. The minimum atomic E-state index is -0.790. The topological polar surface area (TPSA) is 55.1 Å². The number of halogens is 1. The van der Waals surface area contributed by atoms with Crippen LogP contribution in [0.1, 0.15) is 26.1 Å². The molecule has 0 aliphatic heterocycles. The molecule has 2 aromatic rings. The van der Waals surface area contributed by atoms with Gasteiger partial charge in [0.25, 0.3) is 0 Å². The first-order valence-electron chi connectivity index (χ1n) is 6.12. The molecule has 2 rings (SSSR count). The van der Waals surface area contributed by atoms with Gasteiger partial charge in [-0.1, -0.05) is 31.5 Å². The Labute approximate surface area is 117 Å². The molecule has 0 amide bonds. The summed E-state index contributed by atoms with van der Waals surface area (Å²) >= 11 is 6.18. The van der Waals surface area contributed by atoms with E-state index in [0.29, 0.717) is 11.4 Å². The lowest BCUT2D eigenvalue weighted by molar-refractivity contribution is -0.139. The smallest absolute Gasteiger partial charge is 0.303 e. The van der Waals surface area contributed by atoms with Crippen LogP contribution in [-0.2, 0) is 18.3 Å². The van der Waals surface area contributed by atoms with Crippen molar-refractivity contribution in [2.45, 2.75) is 26.7 Å². The average Bonchev–Trinajstić information content (AvgIpc) is 2.54. The molecule has 4 nitrogen and oxygen atoms in total. The van der Waals surface area contributed by atoms with Crippen LogP contribution in [0, 0.1) is 5.41 Å². The SMILES string of the molecule is Cn1c(CC(C)(C)CC(=O)O)nc2cccc(Cl)c21. The van der Waals surface area contributed by atoms with Crippen molar-refractivity contribution < 1.29 is 9.90 Å². The van der Waals surface area contributed by atoms with Crippen LogP contribution < -0.4 is 0 Å². The fourth-order valence-electron chi connectivity index (χ4n) is 2.33. The van der Waals surface area contributed by atoms with Crippen molar-refractivity contribution in [3.8, 4) is 0 Å². The van der Waals surface area contributed by atoms with Gasteiger partial charge in [-0.15, -0.1) is 0 Å². The van der Waals surface area contributed by atoms with Crippen LogP contribution in [0.4, 0.5) is 0 Å². The van der Waals surface area contributed by atoms with Gasteiger partial charge in [-0.25, -0.2) is 4.98 Å². The van der Waals surface area contributed by atoms with Crippen molar-refractivity contribution in [3.63, 3.8) is 0 Å². The Kier molecular flexibility index (Phi) is 3.54. The van der Waals surface area contributed by atoms with Gasteiger partial charge in [-0.3, -0.25) is 4.79 Å². The zero-order chi connectivity index (χ0) is 14.2. The minimum Gasteiger partial charge on any atom is -0.481 e. The first kappa shape index (κ1) is 13.9. The Balaban J connectivity index is 2.39. The molecule has 0 saturated carbocycles. The van der Waals surface area contributed by atoms with E-state index in [-0.39, 0.29) is 11.8 Å². The number of aryl methyl sites for hydroxylation is 1. The largest absolute Gasteiger partial charge is 0.481 e. The van der Waals surface area contributed by atoms with Gasteiger partial charge in [0.15, 0.2) is 0 Å². The third-order valence-electron chi connectivity index (χ3n) is 3.20. The van der Waals surface area contributed by atoms with Crippen LogP contribution in [0.25, 0.3) is 11.0 Å². The molecule has 1 N–H and O–H groups in total. The molecule has 5 heteroatoms. The summed E-state index contributed by atoms with van der Waals surface area (Å²) < 4.78 is 1.95. The molecule has 0 radical (unpaired) electrons. The predicted octanol–water partition coefficient (Wildman–Crippen LogP) is 3.27. The molecule has 0 bridgehead atoms. The standard InChI is InChI=1S/C14H17ClN2O2/c1-14(2,8-12(18)19)7-11-16-10-6-4-5-9(15)13(10)17(11)3/h4-6H,7-8H2,1-3H3,(H,18,19). The lowest BCUT2D eigenvalue weighted by Gasteiger charge is -2.21. The second-order valence-electron chi connectivity index (χ2n) is 5.61. The number of hydrogen-bond donors (Lipinski definition) is 1. The maximum Gasteiger partial charge on any atom is 0.303 e. The van der Waals surface area contributed by atoms with E-state index in [2.05, 4.69) is 4.98 Å². The van der Waals surface area contributed by atoms with Crippen LogP contribution in [0.5, 0.6) is 0 Å². The summed E-state index contributed by atoms with van der Waals surface area (Å²) in [5.74, 6) is 0.0659. The summed E-state index contributed by atoms with van der Waals surface area (Å²) in [6.45, 7) is 3.87. The monoisotopic (exact) mass is 280 g/mol. The maximum atomic E-state index is 10.9. The number of benzene rings is 1. The highest BCUT2D eigenvalue weighted by atomic mass is 35.5. The van der Waals surface area contributed by atoms with Gasteiger partial charge in [-0.05, 0) is 17.5 Å². The number of aliphatic carboxylic acids is 1. The van der Waals surface area contributed by atoms with E-state index in [4.69, 9.17) is 16.7 Å². The fourth-order valence-corrected chi connectivity index (χ4v) is 2.62. The van der Waals surface area contributed by atoms with Gasteiger partial charge in [0, 0.05) is 13.5 Å². The van der Waals surface area contributed by atoms with E-state index in [0.717, 1.165) is 16.9 Å². The number of imidazole rings is 1. The Morgan fingerprint density at radius 2 is 2.16 bits per heavy atom. The lowest BCUT2D eigenvalue weighted by Crippen LogP contribution is -2.21. The third kappa shape index (κ3) is 2.89. The third-order valence-corrected chi connectivity index (χ3v) is 3.51. The Morgan fingerprint density at radius 3 is 2.74 bits per heavy atom. The summed E-state index contributed by atoms with van der Waals surface area (Å²) in [7, 11) is 1.91. The van der Waals surface area contributed by atoms with Gasteiger partial charge < -0.3 is 9.67 Å². The molecular formula is C14H17ClN2O2. The zero-order valence-corrected chi connectivity index (χ0v) is 12.0. The summed E-state index contributed by atoms with van der Waals surface area (Å²) in [5, 5.41) is 9.59. The molecule has 1 aromatic carbocycles. The molecule has 0 unspecified atom stereocenters. The Bertz CT molecular complexity index is 632. The van der Waals surface area contributed by atoms with Crippen molar-refractivity contribution >= 4 is 28.6 Å². The highest BCUT2D eigenvalue weighted by Crippen LogP contribution is 2.29. The van der Waals surface area contributed by atoms with Gasteiger partial charge in [-0.2, -0.15) is 0 Å².